The van der Waals surface area contributed by atoms with Gasteiger partial charge in [0.15, 0.2) is 0 Å². The normalized spacial score (nSPS) is 18.7. The van der Waals surface area contributed by atoms with Gasteiger partial charge in [-0.25, -0.2) is 9.97 Å². The highest BCUT2D eigenvalue weighted by Gasteiger charge is 2.29. The lowest BCUT2D eigenvalue weighted by molar-refractivity contribution is -0.133. The van der Waals surface area contributed by atoms with Gasteiger partial charge in [-0.15, -0.1) is 0 Å². The minimum Gasteiger partial charge on any atom is -0.384 e. The molecule has 0 N–H and O–H groups in total. The monoisotopic (exact) mass is 422 g/mol. The molecule has 6 nitrogen and oxygen atoms in total. The fraction of sp³-hybridized carbons (Fsp3) is 0.560. The number of hydrogen-bond donors (Lipinski definition) is 0. The Morgan fingerprint density at radius 1 is 1.16 bits per heavy atom. The zero-order chi connectivity index (χ0) is 21.6. The summed E-state index contributed by atoms with van der Waals surface area (Å²) in [6, 6.07) is 10.7. The van der Waals surface area contributed by atoms with E-state index in [2.05, 4.69) is 42.2 Å². The van der Waals surface area contributed by atoms with Crippen LogP contribution in [0.25, 0.3) is 0 Å². The molecule has 2 aliphatic heterocycles. The number of aryl methyl sites for hydroxylation is 1. The first-order valence-electron chi connectivity index (χ1n) is 11.6. The summed E-state index contributed by atoms with van der Waals surface area (Å²) < 4.78 is 5.08. The number of carbonyl (C=O) groups excluding carboxylic acids is 1. The van der Waals surface area contributed by atoms with E-state index in [0.717, 1.165) is 69.1 Å². The predicted molar refractivity (Wildman–Crippen MR) is 122 cm³/mol. The van der Waals surface area contributed by atoms with Gasteiger partial charge in [-0.3, -0.25) is 4.79 Å². The van der Waals surface area contributed by atoms with E-state index in [1.165, 1.54) is 11.1 Å². The fourth-order valence-electron chi connectivity index (χ4n) is 4.78. The van der Waals surface area contributed by atoms with Gasteiger partial charge in [0.05, 0.1) is 13.0 Å². The fourth-order valence-corrected chi connectivity index (χ4v) is 4.78. The quantitative estimate of drug-likeness (QED) is 0.683. The van der Waals surface area contributed by atoms with Crippen LogP contribution in [0.1, 0.15) is 54.2 Å². The maximum atomic E-state index is 12.5. The van der Waals surface area contributed by atoms with Gasteiger partial charge in [-0.2, -0.15) is 0 Å². The second-order valence-electron chi connectivity index (χ2n) is 8.72. The summed E-state index contributed by atoms with van der Waals surface area (Å²) in [5, 5.41) is 0. The predicted octanol–water partition coefficient (Wildman–Crippen LogP) is 3.52. The SMILES string of the molecule is COCCC(=O)N1CCCC(c2nc(C)c3c(n2)N(CCc2ccccc2)CCC3)C1. The molecule has 1 aromatic carbocycles. The standard InChI is InChI=1S/C25H34N4O2/c1-19-22-11-7-14-28(16-12-20-8-4-3-5-9-20)25(22)27-24(26-19)21-10-6-15-29(18-21)23(30)13-17-31-2/h3-5,8-9,21H,6-7,10-18H2,1-2H3. The lowest BCUT2D eigenvalue weighted by atomic mass is 9.95. The first-order valence-corrected chi connectivity index (χ1v) is 11.6. The van der Waals surface area contributed by atoms with Crippen molar-refractivity contribution in [1.82, 2.24) is 14.9 Å². The maximum Gasteiger partial charge on any atom is 0.224 e. The van der Waals surface area contributed by atoms with Crippen molar-refractivity contribution in [2.75, 3.05) is 44.8 Å². The number of rotatable bonds is 7. The number of carbonyl (C=O) groups is 1. The second kappa shape index (κ2) is 10.2. The third-order valence-corrected chi connectivity index (χ3v) is 6.54. The van der Waals surface area contributed by atoms with Crippen LogP contribution in [0.5, 0.6) is 0 Å². The molecule has 1 unspecified atom stereocenters. The van der Waals surface area contributed by atoms with E-state index >= 15 is 0 Å². The van der Waals surface area contributed by atoms with Crippen LogP contribution >= 0.6 is 0 Å². The van der Waals surface area contributed by atoms with Gasteiger partial charge < -0.3 is 14.5 Å². The summed E-state index contributed by atoms with van der Waals surface area (Å²) in [5.74, 6) is 2.41. The Balaban J connectivity index is 1.51. The van der Waals surface area contributed by atoms with Gasteiger partial charge in [0, 0.05) is 50.5 Å². The molecule has 1 atom stereocenters. The lowest BCUT2D eigenvalue weighted by Crippen LogP contribution is -2.40. The van der Waals surface area contributed by atoms with Crippen LogP contribution < -0.4 is 4.90 Å². The van der Waals surface area contributed by atoms with Crippen LogP contribution in [0.3, 0.4) is 0 Å². The molecule has 2 aliphatic rings. The Labute approximate surface area is 185 Å². The number of hydrogen-bond acceptors (Lipinski definition) is 5. The molecule has 6 heteroatoms. The van der Waals surface area contributed by atoms with Crippen LogP contribution in [-0.4, -0.2) is 60.7 Å². The number of piperidine rings is 1. The van der Waals surface area contributed by atoms with Crippen molar-refractivity contribution in [3.8, 4) is 0 Å². The van der Waals surface area contributed by atoms with E-state index in [9.17, 15) is 4.79 Å². The molecule has 1 saturated heterocycles. The first-order chi connectivity index (χ1) is 15.2. The Morgan fingerprint density at radius 3 is 2.81 bits per heavy atom. The smallest absolute Gasteiger partial charge is 0.224 e. The number of amides is 1. The Hall–Kier alpha value is -2.47. The van der Waals surface area contributed by atoms with Crippen LogP contribution in [0.15, 0.2) is 30.3 Å². The molecular formula is C25H34N4O2. The van der Waals surface area contributed by atoms with Crippen molar-refractivity contribution >= 4 is 11.7 Å². The summed E-state index contributed by atoms with van der Waals surface area (Å²) in [4.78, 5) is 26.9. The lowest BCUT2D eigenvalue weighted by Gasteiger charge is -2.34. The van der Waals surface area contributed by atoms with Crippen LogP contribution in [0.4, 0.5) is 5.82 Å². The first kappa shape index (κ1) is 21.8. The summed E-state index contributed by atoms with van der Waals surface area (Å²) >= 11 is 0. The minimum atomic E-state index is 0.172. The average molecular weight is 423 g/mol. The van der Waals surface area contributed by atoms with E-state index in [4.69, 9.17) is 14.7 Å². The second-order valence-corrected chi connectivity index (χ2v) is 8.72. The largest absolute Gasteiger partial charge is 0.384 e. The summed E-state index contributed by atoms with van der Waals surface area (Å²) in [7, 11) is 1.64. The molecule has 31 heavy (non-hydrogen) atoms. The third kappa shape index (κ3) is 5.24. The Morgan fingerprint density at radius 2 is 2.00 bits per heavy atom. The van der Waals surface area contributed by atoms with Gasteiger partial charge in [-0.05, 0) is 44.6 Å². The molecule has 0 saturated carbocycles. The number of benzene rings is 1. The summed E-state index contributed by atoms with van der Waals surface area (Å²) in [6.45, 7) is 6.15. The van der Waals surface area contributed by atoms with Gasteiger partial charge >= 0.3 is 0 Å². The zero-order valence-electron chi connectivity index (χ0n) is 18.8. The highest BCUT2D eigenvalue weighted by atomic mass is 16.5. The van der Waals surface area contributed by atoms with Crippen molar-refractivity contribution in [1.29, 1.82) is 0 Å². The van der Waals surface area contributed by atoms with Crippen LogP contribution in [0.2, 0.25) is 0 Å². The molecule has 1 fully saturated rings. The molecule has 3 heterocycles. The number of anilines is 1. The van der Waals surface area contributed by atoms with Gasteiger partial charge in [0.2, 0.25) is 5.91 Å². The van der Waals surface area contributed by atoms with E-state index in [0.29, 0.717) is 19.6 Å². The van der Waals surface area contributed by atoms with E-state index in [1.54, 1.807) is 7.11 Å². The van der Waals surface area contributed by atoms with E-state index in [-0.39, 0.29) is 11.8 Å². The molecule has 4 rings (SSSR count). The van der Waals surface area contributed by atoms with E-state index in [1.807, 2.05) is 4.90 Å². The number of likely N-dealkylation sites (tertiary alicyclic amines) is 1. The number of methoxy groups -OCH3 is 1. The molecular weight excluding hydrogens is 388 g/mol. The molecule has 0 aliphatic carbocycles. The number of fused-ring (bicyclic) bond motifs is 1. The molecule has 0 radical (unpaired) electrons. The highest BCUT2D eigenvalue weighted by molar-refractivity contribution is 5.76. The molecule has 0 bridgehead atoms. The van der Waals surface area contributed by atoms with Crippen molar-refractivity contribution in [2.24, 2.45) is 0 Å². The Bertz CT molecular complexity index is 887. The molecule has 1 amide bonds. The molecule has 1 aromatic heterocycles. The topological polar surface area (TPSA) is 58.6 Å². The van der Waals surface area contributed by atoms with E-state index < -0.39 is 0 Å². The van der Waals surface area contributed by atoms with Crippen molar-refractivity contribution in [3.63, 3.8) is 0 Å². The van der Waals surface area contributed by atoms with Crippen molar-refractivity contribution < 1.29 is 9.53 Å². The summed E-state index contributed by atoms with van der Waals surface area (Å²) in [5.41, 5.74) is 3.76. The average Bonchev–Trinajstić information content (AvgIpc) is 2.82. The van der Waals surface area contributed by atoms with Crippen LogP contribution in [0, 0.1) is 6.92 Å². The van der Waals surface area contributed by atoms with Crippen LogP contribution in [-0.2, 0) is 22.4 Å². The minimum absolute atomic E-state index is 0.172. The third-order valence-electron chi connectivity index (χ3n) is 6.54. The molecule has 166 valence electrons. The molecule has 0 spiro atoms. The summed E-state index contributed by atoms with van der Waals surface area (Å²) in [6.07, 6.45) is 5.70. The van der Waals surface area contributed by atoms with Gasteiger partial charge in [0.1, 0.15) is 11.6 Å². The number of nitrogens with zero attached hydrogens (tertiary/aromatic N) is 4. The van der Waals surface area contributed by atoms with Gasteiger partial charge in [0.25, 0.3) is 0 Å². The van der Waals surface area contributed by atoms with Crippen molar-refractivity contribution in [2.45, 2.75) is 51.4 Å². The Kier molecular flexibility index (Phi) is 7.17. The van der Waals surface area contributed by atoms with Gasteiger partial charge in [-0.1, -0.05) is 30.3 Å². The molecule has 2 aromatic rings. The van der Waals surface area contributed by atoms with Crippen molar-refractivity contribution in [3.05, 3.63) is 53.0 Å². The number of aromatic nitrogens is 2. The maximum absolute atomic E-state index is 12.5. The number of ether oxygens (including phenoxy) is 1. The zero-order valence-corrected chi connectivity index (χ0v) is 18.8. The highest BCUT2D eigenvalue weighted by Crippen LogP contribution is 2.32.